The van der Waals surface area contributed by atoms with E-state index in [4.69, 9.17) is 25.3 Å². The van der Waals surface area contributed by atoms with Crippen molar-refractivity contribution in [3.05, 3.63) is 23.2 Å². The maximum atomic E-state index is 6.34. The highest BCUT2D eigenvalue weighted by Gasteiger charge is 2.51. The molecule has 0 atom stereocenters. The smallest absolute Gasteiger partial charge is 0.494 e. The van der Waals surface area contributed by atoms with Gasteiger partial charge in [-0.25, -0.2) is 0 Å². The van der Waals surface area contributed by atoms with Crippen LogP contribution in [0.3, 0.4) is 0 Å². The van der Waals surface area contributed by atoms with Crippen LogP contribution in [0.2, 0.25) is 24.7 Å². The third kappa shape index (κ3) is 3.65. The lowest BCUT2D eigenvalue weighted by Crippen LogP contribution is -2.41. The zero-order valence-corrected chi connectivity index (χ0v) is 15.7. The van der Waals surface area contributed by atoms with E-state index in [1.54, 1.807) is 0 Å². The van der Waals surface area contributed by atoms with Crippen LogP contribution in [-0.4, -0.2) is 26.6 Å². The van der Waals surface area contributed by atoms with Crippen molar-refractivity contribution in [3.8, 4) is 5.75 Å². The van der Waals surface area contributed by atoms with Crippen LogP contribution >= 0.6 is 11.6 Å². The lowest BCUT2D eigenvalue weighted by Gasteiger charge is -2.32. The van der Waals surface area contributed by atoms with Crippen LogP contribution in [0.5, 0.6) is 5.75 Å². The highest BCUT2D eigenvalue weighted by molar-refractivity contribution is 6.70. The number of halogens is 1. The Morgan fingerprint density at radius 2 is 1.57 bits per heavy atom. The van der Waals surface area contributed by atoms with Crippen LogP contribution in [0.15, 0.2) is 18.2 Å². The molecule has 1 aromatic rings. The van der Waals surface area contributed by atoms with Gasteiger partial charge in [-0.15, -0.1) is 0 Å². The molecule has 3 nitrogen and oxygen atoms in total. The molecule has 0 spiro atoms. The summed E-state index contributed by atoms with van der Waals surface area (Å²) in [5.41, 5.74) is 0.219. The molecule has 21 heavy (non-hydrogen) atoms. The first-order valence-electron chi connectivity index (χ1n) is 7.25. The number of benzene rings is 1. The van der Waals surface area contributed by atoms with Gasteiger partial charge in [-0.3, -0.25) is 0 Å². The van der Waals surface area contributed by atoms with E-state index in [1.807, 2.05) is 45.9 Å². The van der Waals surface area contributed by atoms with Crippen LogP contribution in [0, 0.1) is 0 Å². The second-order valence-corrected chi connectivity index (χ2v) is 12.3. The van der Waals surface area contributed by atoms with Gasteiger partial charge in [0.1, 0.15) is 5.75 Å². The molecule has 1 aromatic carbocycles. The maximum Gasteiger partial charge on any atom is 0.494 e. The van der Waals surface area contributed by atoms with E-state index in [0.29, 0.717) is 5.02 Å². The van der Waals surface area contributed by atoms with E-state index in [2.05, 4.69) is 19.6 Å². The number of hydrogen-bond acceptors (Lipinski definition) is 3. The third-order valence-electron chi connectivity index (χ3n) is 3.90. The Labute approximate surface area is 134 Å². The summed E-state index contributed by atoms with van der Waals surface area (Å²) in [5, 5.41) is 0.602. The Morgan fingerprint density at radius 3 is 2.00 bits per heavy atom. The Bertz CT molecular complexity index is 524. The minimum Gasteiger partial charge on any atom is -0.543 e. The van der Waals surface area contributed by atoms with Gasteiger partial charge in [-0.1, -0.05) is 17.7 Å². The summed E-state index contributed by atoms with van der Waals surface area (Å²) < 4.78 is 18.0. The van der Waals surface area contributed by atoms with Gasteiger partial charge in [0.2, 0.25) is 8.32 Å². The molecule has 0 aromatic heterocycles. The summed E-state index contributed by atoms with van der Waals surface area (Å²) >= 11 is 6.34. The first-order valence-corrected chi connectivity index (χ1v) is 11.0. The first kappa shape index (κ1) is 16.9. The van der Waals surface area contributed by atoms with Gasteiger partial charge in [0.15, 0.2) is 0 Å². The molecule has 6 heteroatoms. The van der Waals surface area contributed by atoms with Crippen LogP contribution in [-0.2, 0) is 9.31 Å². The van der Waals surface area contributed by atoms with Crippen molar-refractivity contribution < 1.29 is 13.7 Å². The molecule has 1 aliphatic heterocycles. The van der Waals surface area contributed by atoms with Gasteiger partial charge in [0.05, 0.1) is 16.2 Å². The van der Waals surface area contributed by atoms with Gasteiger partial charge in [-0.05, 0) is 64.9 Å². The fraction of sp³-hybridized carbons (Fsp3) is 0.600. The Balaban J connectivity index is 2.22. The van der Waals surface area contributed by atoms with Crippen molar-refractivity contribution >= 4 is 32.5 Å². The Hall–Kier alpha value is -0.488. The molecule has 0 aliphatic carbocycles. The molecule has 0 amide bonds. The van der Waals surface area contributed by atoms with Crippen molar-refractivity contribution in [1.82, 2.24) is 0 Å². The Kier molecular flexibility index (Phi) is 4.26. The molecule has 0 bridgehead atoms. The summed E-state index contributed by atoms with van der Waals surface area (Å²) in [5.74, 6) is 0.733. The van der Waals surface area contributed by atoms with Gasteiger partial charge < -0.3 is 13.7 Å². The summed E-state index contributed by atoms with van der Waals surface area (Å²) in [6.45, 7) is 14.5. The monoisotopic (exact) mass is 326 g/mol. The Morgan fingerprint density at radius 1 is 1.05 bits per heavy atom. The normalized spacial score (nSPS) is 20.7. The first-order chi connectivity index (χ1) is 9.41. The summed E-state index contributed by atoms with van der Waals surface area (Å²) in [4.78, 5) is 0. The predicted octanol–water partition coefficient (Wildman–Crippen LogP) is 3.85. The third-order valence-corrected chi connectivity index (χ3v) is 5.03. The van der Waals surface area contributed by atoms with Gasteiger partial charge >= 0.3 is 7.12 Å². The quantitative estimate of drug-likeness (QED) is 0.790. The molecule has 1 aliphatic rings. The molecule has 0 saturated carbocycles. The van der Waals surface area contributed by atoms with Crippen LogP contribution in [0.25, 0.3) is 0 Å². The van der Waals surface area contributed by atoms with Gasteiger partial charge in [-0.2, -0.15) is 0 Å². The van der Waals surface area contributed by atoms with E-state index >= 15 is 0 Å². The second kappa shape index (κ2) is 5.30. The topological polar surface area (TPSA) is 27.7 Å². The summed E-state index contributed by atoms with van der Waals surface area (Å²) in [6, 6.07) is 5.74. The fourth-order valence-corrected chi connectivity index (χ4v) is 3.19. The molecular formula is C15H24BClO3Si. The van der Waals surface area contributed by atoms with Crippen molar-refractivity contribution in [2.45, 2.75) is 58.5 Å². The van der Waals surface area contributed by atoms with Gasteiger partial charge in [0, 0.05) is 0 Å². The molecule has 0 radical (unpaired) electrons. The van der Waals surface area contributed by atoms with E-state index in [0.717, 1.165) is 11.2 Å². The molecule has 0 N–H and O–H groups in total. The highest BCUT2D eigenvalue weighted by Crippen LogP contribution is 2.37. The predicted molar refractivity (Wildman–Crippen MR) is 91.1 cm³/mol. The van der Waals surface area contributed by atoms with E-state index in [-0.39, 0.29) is 11.2 Å². The average molecular weight is 327 g/mol. The van der Waals surface area contributed by atoms with Crippen LogP contribution in [0.4, 0.5) is 0 Å². The lowest BCUT2D eigenvalue weighted by atomic mass is 9.79. The molecule has 2 rings (SSSR count). The SMILES string of the molecule is CC1(C)OB(c2ccc(O[Si](C)(C)C)c(Cl)c2)OC1(C)C. The summed E-state index contributed by atoms with van der Waals surface area (Å²) in [6.07, 6.45) is 0. The molecule has 1 saturated heterocycles. The minimum atomic E-state index is -1.67. The molecule has 1 fully saturated rings. The maximum absolute atomic E-state index is 6.34. The highest BCUT2D eigenvalue weighted by atomic mass is 35.5. The zero-order valence-electron chi connectivity index (χ0n) is 13.9. The van der Waals surface area contributed by atoms with Crippen molar-refractivity contribution in [2.24, 2.45) is 0 Å². The second-order valence-electron chi connectivity index (χ2n) is 7.49. The van der Waals surface area contributed by atoms with E-state index in [1.165, 1.54) is 0 Å². The largest absolute Gasteiger partial charge is 0.543 e. The molecule has 0 unspecified atom stereocenters. The fourth-order valence-electron chi connectivity index (χ4n) is 2.06. The molecule has 1 heterocycles. The van der Waals surface area contributed by atoms with Crippen LogP contribution in [0.1, 0.15) is 27.7 Å². The number of rotatable bonds is 3. The molecule has 116 valence electrons. The summed E-state index contributed by atoms with van der Waals surface area (Å²) in [7, 11) is -2.07. The van der Waals surface area contributed by atoms with E-state index in [9.17, 15) is 0 Å². The van der Waals surface area contributed by atoms with Crippen molar-refractivity contribution in [2.75, 3.05) is 0 Å². The minimum absolute atomic E-state index is 0.350. The van der Waals surface area contributed by atoms with Crippen LogP contribution < -0.4 is 9.89 Å². The standard InChI is InChI=1S/C15H24BClO3Si/c1-14(2)15(3,4)20-16(19-14)11-8-9-13(12(17)10-11)18-21(5,6)7/h8-10H,1-7H3. The van der Waals surface area contributed by atoms with E-state index < -0.39 is 15.4 Å². The average Bonchev–Trinajstić information content (AvgIpc) is 2.49. The zero-order chi connectivity index (χ0) is 16.1. The van der Waals surface area contributed by atoms with Gasteiger partial charge in [0.25, 0.3) is 0 Å². The molecular weight excluding hydrogens is 303 g/mol. The van der Waals surface area contributed by atoms with Crippen molar-refractivity contribution in [3.63, 3.8) is 0 Å². The number of hydrogen-bond donors (Lipinski definition) is 0. The lowest BCUT2D eigenvalue weighted by molar-refractivity contribution is 0.00578. The van der Waals surface area contributed by atoms with Crippen molar-refractivity contribution in [1.29, 1.82) is 0 Å².